The largest absolute Gasteiger partial charge is 0.492 e. The molecule has 2 aliphatic rings. The van der Waals surface area contributed by atoms with Crippen molar-refractivity contribution in [1.29, 1.82) is 0 Å². The Morgan fingerprint density at radius 1 is 1.26 bits per heavy atom. The molecule has 2 aliphatic heterocycles. The number of amides is 1. The van der Waals surface area contributed by atoms with E-state index in [0.29, 0.717) is 29.8 Å². The van der Waals surface area contributed by atoms with Gasteiger partial charge in [0.05, 0.1) is 30.4 Å². The summed E-state index contributed by atoms with van der Waals surface area (Å²) in [6.07, 6.45) is 2.24. The average molecular weight is 441 g/mol. The first-order valence-corrected chi connectivity index (χ1v) is 11.4. The molecule has 3 heterocycles. The minimum Gasteiger partial charge on any atom is -0.492 e. The smallest absolute Gasteiger partial charge is 0.233 e. The summed E-state index contributed by atoms with van der Waals surface area (Å²) < 4.78 is 23.4. The summed E-state index contributed by atoms with van der Waals surface area (Å²) >= 11 is 1.50. The van der Waals surface area contributed by atoms with Crippen LogP contribution in [0.2, 0.25) is 0 Å². The Labute approximate surface area is 184 Å². The van der Waals surface area contributed by atoms with Crippen molar-refractivity contribution in [2.75, 3.05) is 31.5 Å². The van der Waals surface area contributed by atoms with E-state index in [1.54, 1.807) is 4.90 Å². The van der Waals surface area contributed by atoms with Gasteiger partial charge in [-0.2, -0.15) is 0 Å². The van der Waals surface area contributed by atoms with Crippen molar-refractivity contribution in [3.05, 3.63) is 42.0 Å². The molecule has 1 saturated heterocycles. The maximum absolute atomic E-state index is 13.4. The number of hydrogen-bond donors (Lipinski definition) is 0. The van der Waals surface area contributed by atoms with E-state index < -0.39 is 0 Å². The highest BCUT2D eigenvalue weighted by Gasteiger charge is 2.27. The molecule has 0 spiro atoms. The van der Waals surface area contributed by atoms with E-state index in [-0.39, 0.29) is 25.2 Å². The minimum absolute atomic E-state index is 0.0219. The summed E-state index contributed by atoms with van der Waals surface area (Å²) in [6, 6.07) is 11.5. The normalized spacial score (nSPS) is 17.3. The molecule has 3 aromatic rings. The molecular weight excluding hydrogens is 416 g/mol. The molecule has 0 bridgehead atoms. The Bertz CT molecular complexity index is 1090. The molecule has 1 amide bonds. The van der Waals surface area contributed by atoms with E-state index in [0.717, 1.165) is 41.0 Å². The van der Waals surface area contributed by atoms with Crippen LogP contribution in [0, 0.1) is 0 Å². The summed E-state index contributed by atoms with van der Waals surface area (Å²) in [5.41, 5.74) is 1.67. The van der Waals surface area contributed by atoms with Gasteiger partial charge >= 0.3 is 0 Å². The van der Waals surface area contributed by atoms with Crippen LogP contribution in [0.1, 0.15) is 25.3 Å². The average Bonchev–Trinajstić information content (AvgIpc) is 3.52. The van der Waals surface area contributed by atoms with E-state index in [1.165, 1.54) is 11.3 Å². The first kappa shape index (κ1) is 20.1. The third-order valence-corrected chi connectivity index (χ3v) is 6.45. The van der Waals surface area contributed by atoms with Crippen LogP contribution in [0.15, 0.2) is 36.4 Å². The maximum Gasteiger partial charge on any atom is 0.233 e. The highest BCUT2D eigenvalue weighted by atomic mass is 32.1. The van der Waals surface area contributed by atoms with Crippen molar-refractivity contribution < 1.29 is 23.7 Å². The summed E-state index contributed by atoms with van der Waals surface area (Å²) in [4.78, 5) is 20.0. The molecule has 0 radical (unpaired) electrons. The third kappa shape index (κ3) is 4.18. The highest BCUT2D eigenvalue weighted by molar-refractivity contribution is 7.22. The number of fused-ring (bicyclic) bond motifs is 2. The summed E-state index contributed by atoms with van der Waals surface area (Å²) in [7, 11) is 0. The number of hydrogen-bond acceptors (Lipinski definition) is 7. The number of para-hydroxylation sites is 1. The predicted molar refractivity (Wildman–Crippen MR) is 118 cm³/mol. The lowest BCUT2D eigenvalue weighted by molar-refractivity contribution is -0.118. The van der Waals surface area contributed by atoms with Crippen LogP contribution in [0.4, 0.5) is 5.13 Å². The van der Waals surface area contributed by atoms with Gasteiger partial charge in [0.2, 0.25) is 12.7 Å². The van der Waals surface area contributed by atoms with Gasteiger partial charge in [-0.1, -0.05) is 23.5 Å². The standard InChI is InChI=1S/C23H24N2O5S/c1-2-27-18-6-3-7-20-22(18)24-23(31-20)25(13-16-5-4-10-28-16)21(26)12-15-8-9-17-19(11-15)30-14-29-17/h3,6-9,11,16H,2,4-5,10,12-14H2,1H3. The lowest BCUT2D eigenvalue weighted by Gasteiger charge is -2.23. The summed E-state index contributed by atoms with van der Waals surface area (Å²) in [5.74, 6) is 2.11. The van der Waals surface area contributed by atoms with Crippen molar-refractivity contribution in [2.24, 2.45) is 0 Å². The van der Waals surface area contributed by atoms with Gasteiger partial charge in [0, 0.05) is 6.61 Å². The quantitative estimate of drug-likeness (QED) is 0.549. The van der Waals surface area contributed by atoms with Gasteiger partial charge in [-0.05, 0) is 49.6 Å². The van der Waals surface area contributed by atoms with Crippen LogP contribution in [-0.2, 0) is 16.0 Å². The van der Waals surface area contributed by atoms with Crippen molar-refractivity contribution in [2.45, 2.75) is 32.3 Å². The SMILES string of the molecule is CCOc1cccc2sc(N(CC3CCCO3)C(=O)Cc3ccc4c(c3)OCO4)nc12. The topological polar surface area (TPSA) is 70.1 Å². The molecule has 31 heavy (non-hydrogen) atoms. The molecule has 0 saturated carbocycles. The van der Waals surface area contributed by atoms with E-state index in [2.05, 4.69) is 0 Å². The van der Waals surface area contributed by atoms with E-state index in [4.69, 9.17) is 23.9 Å². The first-order chi connectivity index (χ1) is 15.2. The second-order valence-electron chi connectivity index (χ2n) is 7.54. The molecule has 2 aromatic carbocycles. The van der Waals surface area contributed by atoms with Gasteiger partial charge in [0.15, 0.2) is 16.6 Å². The second-order valence-corrected chi connectivity index (χ2v) is 8.55. The molecule has 1 atom stereocenters. The fraction of sp³-hybridized carbons (Fsp3) is 0.391. The Morgan fingerprint density at radius 2 is 2.16 bits per heavy atom. The van der Waals surface area contributed by atoms with Crippen LogP contribution in [0.5, 0.6) is 17.2 Å². The van der Waals surface area contributed by atoms with Gasteiger partial charge in [-0.3, -0.25) is 9.69 Å². The van der Waals surface area contributed by atoms with Crippen LogP contribution in [-0.4, -0.2) is 43.5 Å². The minimum atomic E-state index is -0.0219. The van der Waals surface area contributed by atoms with Crippen LogP contribution < -0.4 is 19.1 Å². The summed E-state index contributed by atoms with van der Waals surface area (Å²) in [6.45, 7) is 3.96. The van der Waals surface area contributed by atoms with E-state index >= 15 is 0 Å². The Balaban J connectivity index is 1.44. The van der Waals surface area contributed by atoms with Crippen LogP contribution in [0.25, 0.3) is 10.2 Å². The number of carbonyl (C=O) groups excluding carboxylic acids is 1. The number of nitrogens with zero attached hydrogens (tertiary/aromatic N) is 2. The number of anilines is 1. The van der Waals surface area contributed by atoms with Gasteiger partial charge in [0.1, 0.15) is 11.3 Å². The number of ether oxygens (including phenoxy) is 4. The Morgan fingerprint density at radius 3 is 3.00 bits per heavy atom. The molecule has 5 rings (SSSR count). The Kier molecular flexibility index (Phi) is 5.65. The molecule has 7 nitrogen and oxygen atoms in total. The molecule has 1 unspecified atom stereocenters. The Hall–Kier alpha value is -2.84. The zero-order valence-electron chi connectivity index (χ0n) is 17.3. The predicted octanol–water partition coefficient (Wildman–Crippen LogP) is 4.18. The van der Waals surface area contributed by atoms with Crippen molar-refractivity contribution in [3.8, 4) is 17.2 Å². The molecule has 1 aromatic heterocycles. The molecule has 8 heteroatoms. The molecule has 0 aliphatic carbocycles. The van der Waals surface area contributed by atoms with Crippen molar-refractivity contribution in [1.82, 2.24) is 4.98 Å². The maximum atomic E-state index is 13.4. The number of thiazole rings is 1. The van der Waals surface area contributed by atoms with E-state index in [9.17, 15) is 4.79 Å². The number of rotatable bonds is 7. The van der Waals surface area contributed by atoms with Crippen LogP contribution >= 0.6 is 11.3 Å². The number of aromatic nitrogens is 1. The van der Waals surface area contributed by atoms with E-state index in [1.807, 2.05) is 43.3 Å². The highest BCUT2D eigenvalue weighted by Crippen LogP contribution is 2.36. The first-order valence-electron chi connectivity index (χ1n) is 10.5. The number of benzene rings is 2. The van der Waals surface area contributed by atoms with Crippen molar-refractivity contribution >= 4 is 32.6 Å². The van der Waals surface area contributed by atoms with Gasteiger partial charge in [-0.15, -0.1) is 0 Å². The lowest BCUT2D eigenvalue weighted by Crippen LogP contribution is -2.38. The fourth-order valence-electron chi connectivity index (χ4n) is 3.90. The van der Waals surface area contributed by atoms with Crippen molar-refractivity contribution in [3.63, 3.8) is 0 Å². The second kappa shape index (κ2) is 8.72. The van der Waals surface area contributed by atoms with Gasteiger partial charge in [-0.25, -0.2) is 4.98 Å². The monoisotopic (exact) mass is 440 g/mol. The van der Waals surface area contributed by atoms with Crippen LogP contribution in [0.3, 0.4) is 0 Å². The van der Waals surface area contributed by atoms with Gasteiger partial charge in [0.25, 0.3) is 0 Å². The molecule has 0 N–H and O–H groups in total. The third-order valence-electron chi connectivity index (χ3n) is 5.41. The molecular formula is C23H24N2O5S. The fourth-order valence-corrected chi connectivity index (χ4v) is 4.91. The lowest BCUT2D eigenvalue weighted by atomic mass is 10.1. The summed E-state index contributed by atoms with van der Waals surface area (Å²) in [5, 5.41) is 0.670. The molecule has 162 valence electrons. The van der Waals surface area contributed by atoms with Gasteiger partial charge < -0.3 is 18.9 Å². The zero-order valence-corrected chi connectivity index (χ0v) is 18.2. The zero-order chi connectivity index (χ0) is 21.2. The number of carbonyl (C=O) groups is 1. The molecule has 1 fully saturated rings.